The third-order valence-corrected chi connectivity index (χ3v) is 2.92. The Labute approximate surface area is 66.9 Å². The molecule has 2 aliphatic rings. The van der Waals surface area contributed by atoms with Crippen LogP contribution in [0.2, 0.25) is 0 Å². The van der Waals surface area contributed by atoms with Crippen LogP contribution in [-0.2, 0) is 9.53 Å². The molecule has 0 radical (unpaired) electrons. The zero-order valence-electron chi connectivity index (χ0n) is 6.71. The molecule has 11 heavy (non-hydrogen) atoms. The number of ether oxygens (including phenoxy) is 1. The summed E-state index contributed by atoms with van der Waals surface area (Å²) in [4.78, 5) is 10.9. The lowest BCUT2D eigenvalue weighted by Crippen LogP contribution is -2.36. The first-order chi connectivity index (χ1) is 5.36. The van der Waals surface area contributed by atoms with Crippen molar-refractivity contribution in [2.24, 2.45) is 11.8 Å². The van der Waals surface area contributed by atoms with Crippen LogP contribution in [0.3, 0.4) is 0 Å². The monoisotopic (exact) mass is 154 g/mol. The molecule has 1 saturated heterocycles. The topological polar surface area (TPSA) is 26.3 Å². The number of carbonyl (C=O) groups is 1. The summed E-state index contributed by atoms with van der Waals surface area (Å²) in [6.07, 6.45) is 3.88. The van der Waals surface area contributed by atoms with Crippen LogP contribution in [0.25, 0.3) is 0 Å². The summed E-state index contributed by atoms with van der Waals surface area (Å²) in [6.45, 7) is 1.89. The zero-order chi connectivity index (χ0) is 7.68. The Bertz CT molecular complexity index is 151. The zero-order valence-corrected chi connectivity index (χ0v) is 6.71. The molecule has 2 rings (SSSR count). The largest absolute Gasteiger partial charge is 0.381 e. The minimum atomic E-state index is 0.460. The fraction of sp³-hybridized carbons (Fsp3) is 0.889. The van der Waals surface area contributed by atoms with Gasteiger partial charge in [-0.3, -0.25) is 4.79 Å². The molecule has 0 aromatic heterocycles. The van der Waals surface area contributed by atoms with E-state index in [1.807, 2.05) is 0 Å². The summed E-state index contributed by atoms with van der Waals surface area (Å²) in [5.74, 6) is 2.03. The lowest BCUT2D eigenvalue weighted by molar-refractivity contribution is -0.123. The van der Waals surface area contributed by atoms with E-state index in [4.69, 9.17) is 4.74 Å². The first-order valence-electron chi connectivity index (χ1n) is 4.45. The van der Waals surface area contributed by atoms with Crippen molar-refractivity contribution in [1.29, 1.82) is 0 Å². The first-order valence-corrected chi connectivity index (χ1v) is 4.45. The molecular formula is C9H14O2. The van der Waals surface area contributed by atoms with Crippen LogP contribution < -0.4 is 0 Å². The lowest BCUT2D eigenvalue weighted by Gasteiger charge is -2.35. The molecule has 1 saturated carbocycles. The van der Waals surface area contributed by atoms with Crippen LogP contribution in [-0.4, -0.2) is 19.0 Å². The summed E-state index contributed by atoms with van der Waals surface area (Å²) in [7, 11) is 0. The SMILES string of the molecule is O=C1CCC(C2COC2)CC1. The molecule has 0 bridgehead atoms. The second-order valence-electron chi connectivity index (χ2n) is 3.67. The molecule has 0 spiro atoms. The third kappa shape index (κ3) is 1.45. The molecule has 0 unspecified atom stereocenters. The number of Topliss-reactive ketones (excluding diaryl/α,β-unsaturated/α-hetero) is 1. The summed E-state index contributed by atoms with van der Waals surface area (Å²) in [5.41, 5.74) is 0. The summed E-state index contributed by atoms with van der Waals surface area (Å²) >= 11 is 0. The summed E-state index contributed by atoms with van der Waals surface area (Å²) < 4.78 is 5.13. The van der Waals surface area contributed by atoms with Crippen LogP contribution in [0.4, 0.5) is 0 Å². The van der Waals surface area contributed by atoms with Crippen molar-refractivity contribution in [2.75, 3.05) is 13.2 Å². The van der Waals surface area contributed by atoms with Crippen LogP contribution in [0.5, 0.6) is 0 Å². The molecule has 2 nitrogen and oxygen atoms in total. The standard InChI is InChI=1S/C9H14O2/c10-9-3-1-7(2-4-9)8-5-11-6-8/h7-8H,1-6H2. The van der Waals surface area contributed by atoms with E-state index in [-0.39, 0.29) is 0 Å². The average Bonchev–Trinajstić information content (AvgIpc) is 1.90. The number of carbonyl (C=O) groups excluding carboxylic acids is 1. The minimum absolute atomic E-state index is 0.460. The van der Waals surface area contributed by atoms with E-state index in [0.29, 0.717) is 5.78 Å². The van der Waals surface area contributed by atoms with Gasteiger partial charge in [-0.15, -0.1) is 0 Å². The summed E-state index contributed by atoms with van der Waals surface area (Å²) in [6, 6.07) is 0. The molecule has 62 valence electrons. The van der Waals surface area contributed by atoms with E-state index >= 15 is 0 Å². The Morgan fingerprint density at radius 2 is 1.73 bits per heavy atom. The molecular weight excluding hydrogens is 140 g/mol. The van der Waals surface area contributed by atoms with Crippen molar-refractivity contribution in [1.82, 2.24) is 0 Å². The van der Waals surface area contributed by atoms with Crippen molar-refractivity contribution in [3.05, 3.63) is 0 Å². The highest BCUT2D eigenvalue weighted by atomic mass is 16.5. The van der Waals surface area contributed by atoms with Gasteiger partial charge >= 0.3 is 0 Å². The smallest absolute Gasteiger partial charge is 0.132 e. The minimum Gasteiger partial charge on any atom is -0.381 e. The maximum Gasteiger partial charge on any atom is 0.132 e. The van der Waals surface area contributed by atoms with Gasteiger partial charge < -0.3 is 4.74 Å². The molecule has 0 amide bonds. The molecule has 0 atom stereocenters. The molecule has 1 heterocycles. The molecule has 0 aromatic carbocycles. The molecule has 2 fully saturated rings. The lowest BCUT2D eigenvalue weighted by atomic mass is 9.79. The maximum absolute atomic E-state index is 10.9. The molecule has 1 aliphatic heterocycles. The van der Waals surface area contributed by atoms with Crippen LogP contribution in [0.15, 0.2) is 0 Å². The van der Waals surface area contributed by atoms with Gasteiger partial charge in [0.1, 0.15) is 5.78 Å². The van der Waals surface area contributed by atoms with Gasteiger partial charge in [-0.2, -0.15) is 0 Å². The molecule has 2 heteroatoms. The average molecular weight is 154 g/mol. The Morgan fingerprint density at radius 3 is 2.18 bits per heavy atom. The third-order valence-electron chi connectivity index (χ3n) is 2.92. The Kier molecular flexibility index (Phi) is 1.95. The van der Waals surface area contributed by atoms with Crippen molar-refractivity contribution in [2.45, 2.75) is 25.7 Å². The molecule has 1 aliphatic carbocycles. The normalized spacial score (nSPS) is 28.5. The van der Waals surface area contributed by atoms with Gasteiger partial charge in [0.25, 0.3) is 0 Å². The second kappa shape index (κ2) is 2.94. The van der Waals surface area contributed by atoms with E-state index in [0.717, 1.165) is 50.7 Å². The van der Waals surface area contributed by atoms with Crippen LogP contribution in [0.1, 0.15) is 25.7 Å². The van der Waals surface area contributed by atoms with Crippen molar-refractivity contribution >= 4 is 5.78 Å². The predicted octanol–water partition coefficient (Wildman–Crippen LogP) is 1.39. The van der Waals surface area contributed by atoms with Crippen molar-refractivity contribution < 1.29 is 9.53 Å². The molecule has 0 aromatic rings. The Morgan fingerprint density at radius 1 is 1.09 bits per heavy atom. The van der Waals surface area contributed by atoms with Crippen molar-refractivity contribution in [3.8, 4) is 0 Å². The number of rotatable bonds is 1. The Balaban J connectivity index is 1.82. The van der Waals surface area contributed by atoms with E-state index in [1.165, 1.54) is 0 Å². The number of hydrogen-bond acceptors (Lipinski definition) is 2. The summed E-state index contributed by atoms with van der Waals surface area (Å²) in [5, 5.41) is 0. The predicted molar refractivity (Wildman–Crippen MR) is 41.3 cm³/mol. The quantitative estimate of drug-likeness (QED) is 0.570. The van der Waals surface area contributed by atoms with E-state index in [9.17, 15) is 4.79 Å². The van der Waals surface area contributed by atoms with Gasteiger partial charge in [0, 0.05) is 18.8 Å². The van der Waals surface area contributed by atoms with E-state index < -0.39 is 0 Å². The fourth-order valence-electron chi connectivity index (χ4n) is 1.96. The van der Waals surface area contributed by atoms with E-state index in [2.05, 4.69) is 0 Å². The highest BCUT2D eigenvalue weighted by Crippen LogP contribution is 2.32. The number of hydrogen-bond donors (Lipinski definition) is 0. The van der Waals surface area contributed by atoms with Crippen LogP contribution >= 0.6 is 0 Å². The van der Waals surface area contributed by atoms with Gasteiger partial charge in [-0.25, -0.2) is 0 Å². The Hall–Kier alpha value is -0.370. The maximum atomic E-state index is 10.9. The highest BCUT2D eigenvalue weighted by molar-refractivity contribution is 5.79. The highest BCUT2D eigenvalue weighted by Gasteiger charge is 2.30. The van der Waals surface area contributed by atoms with Gasteiger partial charge in [-0.1, -0.05) is 0 Å². The van der Waals surface area contributed by atoms with Crippen LogP contribution in [0, 0.1) is 11.8 Å². The first kappa shape index (κ1) is 7.29. The fourth-order valence-corrected chi connectivity index (χ4v) is 1.96. The number of ketones is 1. The van der Waals surface area contributed by atoms with Gasteiger partial charge in [-0.05, 0) is 18.8 Å². The van der Waals surface area contributed by atoms with E-state index in [1.54, 1.807) is 0 Å². The molecule has 0 N–H and O–H groups in total. The van der Waals surface area contributed by atoms with Crippen molar-refractivity contribution in [3.63, 3.8) is 0 Å². The van der Waals surface area contributed by atoms with Gasteiger partial charge in [0.2, 0.25) is 0 Å². The van der Waals surface area contributed by atoms with Gasteiger partial charge in [0.05, 0.1) is 13.2 Å². The second-order valence-corrected chi connectivity index (χ2v) is 3.67. The van der Waals surface area contributed by atoms with Gasteiger partial charge in [0.15, 0.2) is 0 Å².